The molecule has 0 aliphatic heterocycles. The third-order valence-electron chi connectivity index (χ3n) is 3.94. The minimum Gasteiger partial charge on any atom is -0.450 e. The van der Waals surface area contributed by atoms with Crippen molar-refractivity contribution in [1.29, 1.82) is 0 Å². The Hall–Kier alpha value is -3.68. The third-order valence-corrected chi connectivity index (χ3v) is 3.94. The average Bonchev–Trinajstić information content (AvgIpc) is 2.94. The molecule has 2 aromatic carbocycles. The predicted octanol–water partition coefficient (Wildman–Crippen LogP) is 4.70. The molecule has 0 aliphatic rings. The Morgan fingerprint density at radius 2 is 1.46 bits per heavy atom. The molecule has 8 heteroatoms. The summed E-state index contributed by atoms with van der Waals surface area (Å²) >= 11 is 0. The van der Waals surface area contributed by atoms with Crippen molar-refractivity contribution in [2.75, 3.05) is 0 Å². The lowest BCUT2D eigenvalue weighted by Crippen LogP contribution is -1.99. The summed E-state index contributed by atoms with van der Waals surface area (Å²) in [5.74, 6) is 0.342. The number of ether oxygens (including phenoxy) is 1. The van der Waals surface area contributed by atoms with Crippen molar-refractivity contribution in [3.05, 3.63) is 86.2 Å². The standard InChI is InChI=1S/C18H15N3O5/c1-12-3-4-13(2)19(12)14-5-8-16(9-6-14)26-18-10-7-15(20(22)23)11-17(18)21(24)25/h3-11H,1-2H3. The van der Waals surface area contributed by atoms with Crippen molar-refractivity contribution in [1.82, 2.24) is 4.57 Å². The number of nitro groups is 2. The number of aromatic nitrogens is 1. The van der Waals surface area contributed by atoms with Gasteiger partial charge in [-0.15, -0.1) is 0 Å². The van der Waals surface area contributed by atoms with Crippen LogP contribution in [0.15, 0.2) is 54.6 Å². The van der Waals surface area contributed by atoms with Crippen LogP contribution < -0.4 is 4.74 Å². The molecular weight excluding hydrogens is 338 g/mol. The molecule has 0 amide bonds. The van der Waals surface area contributed by atoms with Gasteiger partial charge in [-0.1, -0.05) is 0 Å². The van der Waals surface area contributed by atoms with Gasteiger partial charge >= 0.3 is 5.69 Å². The molecule has 1 aromatic heterocycles. The SMILES string of the molecule is Cc1ccc(C)n1-c1ccc(Oc2ccc([N+](=O)[O-])cc2[N+](=O)[O-])cc1. The monoisotopic (exact) mass is 353 g/mol. The van der Waals surface area contributed by atoms with E-state index in [0.717, 1.165) is 23.1 Å². The Kier molecular flexibility index (Phi) is 4.40. The number of rotatable bonds is 5. The first kappa shape index (κ1) is 17.2. The molecule has 0 bridgehead atoms. The minimum atomic E-state index is -0.705. The van der Waals surface area contributed by atoms with Crippen LogP contribution in [-0.4, -0.2) is 14.4 Å². The number of aryl methyl sites for hydroxylation is 2. The minimum absolute atomic E-state index is 0.0540. The first-order valence-electron chi connectivity index (χ1n) is 7.73. The van der Waals surface area contributed by atoms with Gasteiger partial charge in [-0.25, -0.2) is 0 Å². The quantitative estimate of drug-likeness (QED) is 0.489. The summed E-state index contributed by atoms with van der Waals surface area (Å²) in [5.41, 5.74) is 2.29. The van der Waals surface area contributed by atoms with E-state index in [1.54, 1.807) is 12.1 Å². The molecule has 0 atom stereocenters. The number of non-ortho nitro benzene ring substituents is 1. The molecule has 0 N–H and O–H groups in total. The second kappa shape index (κ2) is 6.67. The van der Waals surface area contributed by atoms with Gasteiger partial charge in [0.25, 0.3) is 5.69 Å². The summed E-state index contributed by atoms with van der Waals surface area (Å²) in [7, 11) is 0. The second-order valence-corrected chi connectivity index (χ2v) is 5.71. The molecule has 0 aliphatic carbocycles. The lowest BCUT2D eigenvalue weighted by atomic mass is 10.2. The fourth-order valence-electron chi connectivity index (χ4n) is 2.71. The predicted molar refractivity (Wildman–Crippen MR) is 95.1 cm³/mol. The molecule has 0 radical (unpaired) electrons. The van der Waals surface area contributed by atoms with Crippen LogP contribution in [0, 0.1) is 34.1 Å². The molecule has 0 unspecified atom stereocenters. The summed E-state index contributed by atoms with van der Waals surface area (Å²) in [6.45, 7) is 4.00. The van der Waals surface area contributed by atoms with Crippen LogP contribution in [0.25, 0.3) is 5.69 Å². The first-order valence-corrected chi connectivity index (χ1v) is 7.73. The van der Waals surface area contributed by atoms with Crippen LogP contribution in [-0.2, 0) is 0 Å². The fraction of sp³-hybridized carbons (Fsp3) is 0.111. The van der Waals surface area contributed by atoms with Gasteiger partial charge < -0.3 is 9.30 Å². The van der Waals surface area contributed by atoms with E-state index in [1.807, 2.05) is 38.1 Å². The van der Waals surface area contributed by atoms with Crippen molar-refractivity contribution >= 4 is 11.4 Å². The zero-order valence-electron chi connectivity index (χ0n) is 14.1. The Labute approximate surface area is 148 Å². The molecule has 0 saturated heterocycles. The van der Waals surface area contributed by atoms with E-state index in [9.17, 15) is 20.2 Å². The summed E-state index contributed by atoms with van der Waals surface area (Å²) in [4.78, 5) is 20.6. The lowest BCUT2D eigenvalue weighted by molar-refractivity contribution is -0.394. The summed E-state index contributed by atoms with van der Waals surface area (Å²) < 4.78 is 7.63. The van der Waals surface area contributed by atoms with Crippen LogP contribution >= 0.6 is 0 Å². The number of hydrogen-bond donors (Lipinski definition) is 0. The lowest BCUT2D eigenvalue weighted by Gasteiger charge is -2.11. The van der Waals surface area contributed by atoms with E-state index < -0.39 is 15.5 Å². The van der Waals surface area contributed by atoms with Gasteiger partial charge in [-0.3, -0.25) is 20.2 Å². The van der Waals surface area contributed by atoms with Crippen LogP contribution in [0.2, 0.25) is 0 Å². The molecule has 1 heterocycles. The Balaban J connectivity index is 1.90. The van der Waals surface area contributed by atoms with E-state index >= 15 is 0 Å². The maximum absolute atomic E-state index is 11.2. The maximum Gasteiger partial charge on any atom is 0.318 e. The van der Waals surface area contributed by atoms with E-state index in [4.69, 9.17) is 4.74 Å². The molecule has 0 fully saturated rings. The van der Waals surface area contributed by atoms with Crippen LogP contribution in [0.5, 0.6) is 11.5 Å². The molecular formula is C18H15N3O5. The van der Waals surface area contributed by atoms with Crippen LogP contribution in [0.1, 0.15) is 11.4 Å². The average molecular weight is 353 g/mol. The summed E-state index contributed by atoms with van der Waals surface area (Å²) in [5, 5.41) is 22.0. The Morgan fingerprint density at radius 1 is 0.846 bits per heavy atom. The van der Waals surface area contributed by atoms with Crippen LogP contribution in [0.4, 0.5) is 11.4 Å². The highest BCUT2D eigenvalue weighted by molar-refractivity contribution is 5.55. The first-order chi connectivity index (χ1) is 12.4. The number of nitro benzene ring substituents is 2. The molecule has 26 heavy (non-hydrogen) atoms. The highest BCUT2D eigenvalue weighted by Crippen LogP contribution is 2.34. The fourth-order valence-corrected chi connectivity index (χ4v) is 2.71. The van der Waals surface area contributed by atoms with E-state index in [1.165, 1.54) is 12.1 Å². The van der Waals surface area contributed by atoms with Gasteiger partial charge in [-0.2, -0.15) is 0 Å². The molecule has 0 saturated carbocycles. The van der Waals surface area contributed by atoms with Crippen molar-refractivity contribution in [3.8, 4) is 17.2 Å². The molecule has 3 aromatic rings. The topological polar surface area (TPSA) is 100 Å². The van der Waals surface area contributed by atoms with Crippen molar-refractivity contribution < 1.29 is 14.6 Å². The van der Waals surface area contributed by atoms with E-state index in [0.29, 0.717) is 5.75 Å². The smallest absolute Gasteiger partial charge is 0.318 e. The van der Waals surface area contributed by atoms with Gasteiger partial charge in [0.1, 0.15) is 5.75 Å². The number of nitrogens with zero attached hydrogens (tertiary/aromatic N) is 3. The van der Waals surface area contributed by atoms with E-state index in [2.05, 4.69) is 4.57 Å². The Morgan fingerprint density at radius 3 is 2.00 bits per heavy atom. The zero-order valence-corrected chi connectivity index (χ0v) is 14.1. The molecule has 132 valence electrons. The summed E-state index contributed by atoms with van der Waals surface area (Å²) in [6.07, 6.45) is 0. The van der Waals surface area contributed by atoms with Gasteiger partial charge in [0.05, 0.1) is 15.9 Å². The number of hydrogen-bond acceptors (Lipinski definition) is 5. The van der Waals surface area contributed by atoms with Crippen molar-refractivity contribution in [2.45, 2.75) is 13.8 Å². The molecule has 3 rings (SSSR count). The third kappa shape index (κ3) is 3.25. The highest BCUT2D eigenvalue weighted by atomic mass is 16.6. The van der Waals surface area contributed by atoms with Gasteiger partial charge in [0.2, 0.25) is 5.75 Å². The van der Waals surface area contributed by atoms with Crippen molar-refractivity contribution in [2.24, 2.45) is 0 Å². The van der Waals surface area contributed by atoms with E-state index in [-0.39, 0.29) is 11.4 Å². The largest absolute Gasteiger partial charge is 0.450 e. The van der Waals surface area contributed by atoms with Gasteiger partial charge in [0, 0.05) is 23.1 Å². The highest BCUT2D eigenvalue weighted by Gasteiger charge is 2.21. The normalized spacial score (nSPS) is 10.5. The van der Waals surface area contributed by atoms with Crippen LogP contribution in [0.3, 0.4) is 0 Å². The molecule has 8 nitrogen and oxygen atoms in total. The van der Waals surface area contributed by atoms with Gasteiger partial charge in [0.15, 0.2) is 0 Å². The Bertz CT molecular complexity index is 973. The summed E-state index contributed by atoms with van der Waals surface area (Å²) in [6, 6.07) is 14.4. The second-order valence-electron chi connectivity index (χ2n) is 5.71. The van der Waals surface area contributed by atoms with Gasteiger partial charge in [-0.05, 0) is 56.3 Å². The zero-order chi connectivity index (χ0) is 18.8. The molecule has 0 spiro atoms. The maximum atomic E-state index is 11.2. The number of benzene rings is 2. The van der Waals surface area contributed by atoms with Crippen molar-refractivity contribution in [3.63, 3.8) is 0 Å².